The molecule has 0 atom stereocenters. The average Bonchev–Trinajstić information content (AvgIpc) is 3.24. The number of fused-ring (bicyclic) bond motifs is 1. The maximum absolute atomic E-state index is 12.7. The standard InChI is InChI=1S/C22H25N7O/c23-20-19(21-26-16-6-2-3-7-17(16)27-21)25-18(14-24-20)15-8-12-29(13-9-15)22(30)28-10-4-1-5-11-28/h2-3,6-8,14H,1,4-5,9-13H2,(H2,23,24)(H,26,27). The first-order valence-corrected chi connectivity index (χ1v) is 10.5. The first kappa shape index (κ1) is 18.6. The van der Waals surface area contributed by atoms with Gasteiger partial charge < -0.3 is 20.5 Å². The van der Waals surface area contributed by atoms with Crippen molar-refractivity contribution < 1.29 is 4.79 Å². The molecule has 0 bridgehead atoms. The number of hydrogen-bond acceptors (Lipinski definition) is 5. The van der Waals surface area contributed by atoms with Crippen LogP contribution in [0.5, 0.6) is 0 Å². The zero-order chi connectivity index (χ0) is 20.5. The van der Waals surface area contributed by atoms with Crippen LogP contribution in [0.2, 0.25) is 0 Å². The summed E-state index contributed by atoms with van der Waals surface area (Å²) in [5, 5.41) is 0. The fraction of sp³-hybridized carbons (Fsp3) is 0.364. The Labute approximate surface area is 174 Å². The fourth-order valence-electron chi connectivity index (χ4n) is 4.15. The molecular formula is C22H25N7O. The second kappa shape index (κ2) is 7.78. The van der Waals surface area contributed by atoms with E-state index < -0.39 is 0 Å². The van der Waals surface area contributed by atoms with Crippen molar-refractivity contribution >= 4 is 28.5 Å². The summed E-state index contributed by atoms with van der Waals surface area (Å²) in [6.45, 7) is 3.02. The van der Waals surface area contributed by atoms with Gasteiger partial charge in [-0.2, -0.15) is 0 Å². The van der Waals surface area contributed by atoms with Crippen LogP contribution in [0.25, 0.3) is 28.1 Å². The lowest BCUT2D eigenvalue weighted by molar-refractivity contribution is 0.147. The van der Waals surface area contributed by atoms with Crippen LogP contribution < -0.4 is 5.73 Å². The number of hydrogen-bond donors (Lipinski definition) is 2. The maximum atomic E-state index is 12.7. The Balaban J connectivity index is 1.37. The molecule has 8 nitrogen and oxygen atoms in total. The van der Waals surface area contributed by atoms with E-state index >= 15 is 0 Å². The van der Waals surface area contributed by atoms with Crippen LogP contribution >= 0.6 is 0 Å². The molecule has 2 amide bonds. The molecule has 2 aromatic heterocycles. The van der Waals surface area contributed by atoms with E-state index in [1.54, 1.807) is 6.20 Å². The topological polar surface area (TPSA) is 104 Å². The van der Waals surface area contributed by atoms with Gasteiger partial charge in [-0.15, -0.1) is 0 Å². The molecule has 1 aromatic carbocycles. The first-order valence-electron chi connectivity index (χ1n) is 10.5. The summed E-state index contributed by atoms with van der Waals surface area (Å²) in [5.74, 6) is 0.956. The molecular weight excluding hydrogens is 378 g/mol. The van der Waals surface area contributed by atoms with Crippen LogP contribution in [-0.4, -0.2) is 61.9 Å². The third-order valence-electron chi connectivity index (χ3n) is 5.85. The SMILES string of the molecule is Nc1ncc(C2=CCN(C(=O)N3CCCCC3)CC2)nc1-c1nc2ccccc2[nH]1. The number of urea groups is 1. The number of carbonyl (C=O) groups is 1. The number of imidazole rings is 1. The van der Waals surface area contributed by atoms with Gasteiger partial charge in [-0.05, 0) is 43.4 Å². The Morgan fingerprint density at radius 1 is 1.03 bits per heavy atom. The number of nitrogens with zero attached hydrogens (tertiary/aromatic N) is 5. The predicted molar refractivity (Wildman–Crippen MR) is 117 cm³/mol. The molecule has 30 heavy (non-hydrogen) atoms. The highest BCUT2D eigenvalue weighted by Gasteiger charge is 2.25. The van der Waals surface area contributed by atoms with Gasteiger partial charge in [0.05, 0.1) is 22.9 Å². The van der Waals surface area contributed by atoms with Crippen molar-refractivity contribution in [3.8, 4) is 11.5 Å². The number of piperidine rings is 1. The first-order chi connectivity index (χ1) is 14.7. The van der Waals surface area contributed by atoms with Gasteiger partial charge in [-0.3, -0.25) is 0 Å². The van der Waals surface area contributed by atoms with Gasteiger partial charge in [0, 0.05) is 26.2 Å². The van der Waals surface area contributed by atoms with Crippen molar-refractivity contribution in [3.63, 3.8) is 0 Å². The Morgan fingerprint density at radius 3 is 2.63 bits per heavy atom. The molecule has 4 heterocycles. The fourth-order valence-corrected chi connectivity index (χ4v) is 4.15. The summed E-state index contributed by atoms with van der Waals surface area (Å²) < 4.78 is 0. The highest BCUT2D eigenvalue weighted by atomic mass is 16.2. The zero-order valence-electron chi connectivity index (χ0n) is 16.8. The molecule has 0 saturated carbocycles. The number of anilines is 1. The Bertz CT molecular complexity index is 1080. The molecule has 0 aliphatic carbocycles. The minimum atomic E-state index is 0.149. The molecule has 154 valence electrons. The van der Waals surface area contributed by atoms with Crippen LogP contribution in [0.1, 0.15) is 31.4 Å². The molecule has 1 fully saturated rings. The number of nitrogens with two attached hydrogens (primary N) is 1. The van der Waals surface area contributed by atoms with E-state index in [1.165, 1.54) is 6.42 Å². The lowest BCUT2D eigenvalue weighted by Crippen LogP contribution is -2.46. The Morgan fingerprint density at radius 2 is 1.87 bits per heavy atom. The number of carbonyl (C=O) groups excluding carboxylic acids is 1. The lowest BCUT2D eigenvalue weighted by atomic mass is 10.0. The second-order valence-corrected chi connectivity index (χ2v) is 7.85. The van der Waals surface area contributed by atoms with Gasteiger partial charge in [0.25, 0.3) is 0 Å². The second-order valence-electron chi connectivity index (χ2n) is 7.85. The summed E-state index contributed by atoms with van der Waals surface area (Å²) in [6.07, 6.45) is 7.96. The van der Waals surface area contributed by atoms with Gasteiger partial charge in [0.15, 0.2) is 11.6 Å². The molecule has 2 aliphatic heterocycles. The number of nitrogen functional groups attached to an aromatic ring is 1. The van der Waals surface area contributed by atoms with E-state index in [2.05, 4.69) is 21.0 Å². The Hall–Kier alpha value is -3.42. The largest absolute Gasteiger partial charge is 0.382 e. The average molecular weight is 403 g/mol. The number of aromatic nitrogens is 4. The molecule has 3 aromatic rings. The van der Waals surface area contributed by atoms with Crippen LogP contribution in [0.3, 0.4) is 0 Å². The monoisotopic (exact) mass is 403 g/mol. The highest BCUT2D eigenvalue weighted by Crippen LogP contribution is 2.27. The lowest BCUT2D eigenvalue weighted by Gasteiger charge is -2.34. The van der Waals surface area contributed by atoms with E-state index in [1.807, 2.05) is 34.1 Å². The van der Waals surface area contributed by atoms with Crippen molar-refractivity contribution in [2.24, 2.45) is 0 Å². The number of amides is 2. The van der Waals surface area contributed by atoms with Crippen molar-refractivity contribution in [3.05, 3.63) is 42.2 Å². The van der Waals surface area contributed by atoms with E-state index in [4.69, 9.17) is 10.7 Å². The van der Waals surface area contributed by atoms with Crippen molar-refractivity contribution in [1.82, 2.24) is 29.7 Å². The molecule has 0 unspecified atom stereocenters. The highest BCUT2D eigenvalue weighted by molar-refractivity contribution is 5.81. The van der Waals surface area contributed by atoms with E-state index in [0.717, 1.165) is 54.7 Å². The normalized spacial score (nSPS) is 17.3. The van der Waals surface area contributed by atoms with Gasteiger partial charge in [0.2, 0.25) is 0 Å². The van der Waals surface area contributed by atoms with Gasteiger partial charge in [0.1, 0.15) is 5.69 Å². The van der Waals surface area contributed by atoms with Crippen molar-refractivity contribution in [2.75, 3.05) is 31.9 Å². The molecule has 5 rings (SSSR count). The summed E-state index contributed by atoms with van der Waals surface area (Å²) in [5.41, 5.74) is 10.3. The summed E-state index contributed by atoms with van der Waals surface area (Å²) in [4.78, 5) is 33.6. The molecule has 0 radical (unpaired) electrons. The molecule has 8 heteroatoms. The van der Waals surface area contributed by atoms with E-state index in [0.29, 0.717) is 30.4 Å². The molecule has 1 saturated heterocycles. The van der Waals surface area contributed by atoms with Gasteiger partial charge in [-0.25, -0.2) is 19.7 Å². The third-order valence-corrected chi connectivity index (χ3v) is 5.85. The molecule has 0 spiro atoms. The van der Waals surface area contributed by atoms with E-state index in [9.17, 15) is 4.79 Å². The van der Waals surface area contributed by atoms with Crippen LogP contribution in [-0.2, 0) is 0 Å². The summed E-state index contributed by atoms with van der Waals surface area (Å²) in [7, 11) is 0. The zero-order valence-corrected chi connectivity index (χ0v) is 16.8. The van der Waals surface area contributed by atoms with Crippen LogP contribution in [0.4, 0.5) is 10.6 Å². The minimum absolute atomic E-state index is 0.149. The van der Waals surface area contributed by atoms with Crippen LogP contribution in [0, 0.1) is 0 Å². The number of para-hydroxylation sites is 2. The predicted octanol–water partition coefficient (Wildman–Crippen LogP) is 3.30. The quantitative estimate of drug-likeness (QED) is 0.683. The third kappa shape index (κ3) is 3.49. The molecule has 3 N–H and O–H groups in total. The number of aromatic amines is 1. The maximum Gasteiger partial charge on any atom is 0.320 e. The van der Waals surface area contributed by atoms with Crippen molar-refractivity contribution in [2.45, 2.75) is 25.7 Å². The smallest absolute Gasteiger partial charge is 0.320 e. The van der Waals surface area contributed by atoms with Crippen molar-refractivity contribution in [1.29, 1.82) is 0 Å². The number of rotatable bonds is 2. The summed E-state index contributed by atoms with van der Waals surface area (Å²) >= 11 is 0. The number of benzene rings is 1. The number of H-pyrrole nitrogens is 1. The summed E-state index contributed by atoms with van der Waals surface area (Å²) in [6, 6.07) is 7.97. The van der Waals surface area contributed by atoms with Gasteiger partial charge in [-0.1, -0.05) is 18.2 Å². The minimum Gasteiger partial charge on any atom is -0.382 e. The van der Waals surface area contributed by atoms with Crippen LogP contribution in [0.15, 0.2) is 36.5 Å². The molecule has 2 aliphatic rings. The number of nitrogens with one attached hydrogen (secondary N) is 1. The van der Waals surface area contributed by atoms with E-state index in [-0.39, 0.29) is 6.03 Å². The number of likely N-dealkylation sites (tertiary alicyclic amines) is 1. The van der Waals surface area contributed by atoms with Gasteiger partial charge >= 0.3 is 6.03 Å². The Kier molecular flexibility index (Phi) is 4.82.